The van der Waals surface area contributed by atoms with E-state index in [0.717, 1.165) is 0 Å². The Bertz CT molecular complexity index is 171. The van der Waals surface area contributed by atoms with E-state index < -0.39 is 17.0 Å². The molecule has 12 heavy (non-hydrogen) atoms. The van der Waals surface area contributed by atoms with Crippen LogP contribution < -0.4 is 0 Å². The molecule has 1 fully saturated rings. The number of halogens is 3. The summed E-state index contributed by atoms with van der Waals surface area (Å²) in [7, 11) is 0. The fraction of sp³-hybridized carbons (Fsp3) is 1.00. The minimum absolute atomic E-state index is 0.162. The van der Waals surface area contributed by atoms with Gasteiger partial charge in [-0.25, -0.2) is 0 Å². The topological polar surface area (TPSA) is 20.2 Å². The number of thioether (sulfide) groups is 1. The molecule has 5 heteroatoms. The molecule has 1 rings (SSSR count). The second-order valence-corrected chi connectivity index (χ2v) is 4.49. The molecular weight excluding hydrogens is 189 g/mol. The van der Waals surface area contributed by atoms with Crippen molar-refractivity contribution < 1.29 is 18.3 Å². The van der Waals surface area contributed by atoms with Gasteiger partial charge >= 0.3 is 6.18 Å². The molecule has 0 saturated carbocycles. The van der Waals surface area contributed by atoms with Crippen LogP contribution in [0.1, 0.15) is 19.8 Å². The summed E-state index contributed by atoms with van der Waals surface area (Å²) in [6.07, 6.45) is -4.21. The van der Waals surface area contributed by atoms with Gasteiger partial charge in [0.2, 0.25) is 0 Å². The van der Waals surface area contributed by atoms with Gasteiger partial charge in [0.1, 0.15) is 0 Å². The van der Waals surface area contributed by atoms with Crippen molar-refractivity contribution >= 4 is 11.8 Å². The second kappa shape index (κ2) is 3.10. The zero-order valence-corrected chi connectivity index (χ0v) is 7.50. The summed E-state index contributed by atoms with van der Waals surface area (Å²) in [6.45, 7) is 1.43. The van der Waals surface area contributed by atoms with E-state index in [0.29, 0.717) is 12.2 Å². The average Bonchev–Trinajstić information content (AvgIpc) is 1.93. The van der Waals surface area contributed by atoms with Crippen molar-refractivity contribution in [3.63, 3.8) is 0 Å². The van der Waals surface area contributed by atoms with Gasteiger partial charge < -0.3 is 5.11 Å². The van der Waals surface area contributed by atoms with Crippen LogP contribution in [0.15, 0.2) is 0 Å². The molecule has 1 nitrogen and oxygen atoms in total. The molecule has 1 saturated heterocycles. The van der Waals surface area contributed by atoms with Gasteiger partial charge in [0.05, 0.1) is 0 Å². The van der Waals surface area contributed by atoms with Gasteiger partial charge in [-0.05, 0) is 18.6 Å². The lowest BCUT2D eigenvalue weighted by Crippen LogP contribution is -2.53. The predicted molar refractivity (Wildman–Crippen MR) is 42.2 cm³/mol. The molecule has 0 aromatic heterocycles. The third-order valence-electron chi connectivity index (χ3n) is 2.23. The minimum atomic E-state index is -4.49. The van der Waals surface area contributed by atoms with E-state index >= 15 is 0 Å². The minimum Gasteiger partial charge on any atom is -0.379 e. The number of alkyl halides is 3. The monoisotopic (exact) mass is 200 g/mol. The van der Waals surface area contributed by atoms with Crippen LogP contribution in [0, 0.1) is 0 Å². The van der Waals surface area contributed by atoms with Crippen molar-refractivity contribution in [1.29, 1.82) is 0 Å². The summed E-state index contributed by atoms with van der Waals surface area (Å²) in [4.78, 5) is 0. The largest absolute Gasteiger partial charge is 0.418 e. The van der Waals surface area contributed by atoms with Crippen molar-refractivity contribution in [3.8, 4) is 0 Å². The van der Waals surface area contributed by atoms with Crippen LogP contribution >= 0.6 is 11.8 Å². The first-order chi connectivity index (χ1) is 5.38. The molecule has 0 spiro atoms. The third-order valence-corrected chi connectivity index (χ3v) is 3.65. The molecule has 72 valence electrons. The highest BCUT2D eigenvalue weighted by Gasteiger charge is 2.57. The maximum absolute atomic E-state index is 12.3. The molecule has 1 aliphatic heterocycles. The standard InChI is InChI=1S/C7H11F3OS/c1-5-6(11,7(8,9)10)3-2-4-12-5/h5,11H,2-4H2,1H3. The molecule has 0 bridgehead atoms. The van der Waals surface area contributed by atoms with E-state index in [2.05, 4.69) is 0 Å². The highest BCUT2D eigenvalue weighted by atomic mass is 32.2. The summed E-state index contributed by atoms with van der Waals surface area (Å²) >= 11 is 1.18. The molecule has 1 N–H and O–H groups in total. The SMILES string of the molecule is CC1SCCCC1(O)C(F)(F)F. The maximum atomic E-state index is 12.3. The summed E-state index contributed by atoms with van der Waals surface area (Å²) in [5, 5.41) is 8.59. The van der Waals surface area contributed by atoms with Crippen molar-refractivity contribution in [1.82, 2.24) is 0 Å². The summed E-state index contributed by atoms with van der Waals surface area (Å²) in [5.74, 6) is 0.708. The highest BCUT2D eigenvalue weighted by molar-refractivity contribution is 8.00. The average molecular weight is 200 g/mol. The van der Waals surface area contributed by atoms with E-state index in [4.69, 9.17) is 0 Å². The van der Waals surface area contributed by atoms with Crippen molar-refractivity contribution in [2.75, 3.05) is 5.75 Å². The maximum Gasteiger partial charge on any atom is 0.418 e. The molecule has 1 aliphatic rings. The van der Waals surface area contributed by atoms with E-state index in [-0.39, 0.29) is 6.42 Å². The number of aliphatic hydroxyl groups is 1. The molecule has 1 heterocycles. The lowest BCUT2D eigenvalue weighted by Gasteiger charge is -2.38. The second-order valence-electron chi connectivity index (χ2n) is 3.04. The Kier molecular flexibility index (Phi) is 2.63. The zero-order chi connectivity index (χ0) is 9.41. The lowest BCUT2D eigenvalue weighted by molar-refractivity contribution is -0.262. The van der Waals surface area contributed by atoms with Gasteiger partial charge in [-0.3, -0.25) is 0 Å². The van der Waals surface area contributed by atoms with Gasteiger partial charge in [0.25, 0.3) is 0 Å². The lowest BCUT2D eigenvalue weighted by atomic mass is 9.93. The molecular formula is C7H11F3OS. The van der Waals surface area contributed by atoms with E-state index in [1.165, 1.54) is 18.7 Å². The molecule has 0 radical (unpaired) electrons. The first-order valence-corrected chi connectivity index (χ1v) is 4.83. The van der Waals surface area contributed by atoms with E-state index in [9.17, 15) is 18.3 Å². The Morgan fingerprint density at radius 2 is 2.08 bits per heavy atom. The van der Waals surface area contributed by atoms with Crippen LogP contribution in [-0.4, -0.2) is 27.9 Å². The van der Waals surface area contributed by atoms with Gasteiger partial charge in [-0.2, -0.15) is 24.9 Å². The fourth-order valence-electron chi connectivity index (χ4n) is 1.32. The Labute approximate surface area is 73.3 Å². The smallest absolute Gasteiger partial charge is 0.379 e. The number of hydrogen-bond donors (Lipinski definition) is 1. The van der Waals surface area contributed by atoms with Crippen LogP contribution in [-0.2, 0) is 0 Å². The van der Waals surface area contributed by atoms with E-state index in [1.807, 2.05) is 0 Å². The predicted octanol–water partition coefficient (Wildman–Crippen LogP) is 2.20. The van der Waals surface area contributed by atoms with Gasteiger partial charge in [-0.1, -0.05) is 6.92 Å². The molecule has 0 amide bonds. The summed E-state index contributed by atoms with van der Waals surface area (Å²) < 4.78 is 36.9. The molecule has 2 atom stereocenters. The fourth-order valence-corrected chi connectivity index (χ4v) is 2.51. The Balaban J connectivity index is 2.79. The normalized spacial score (nSPS) is 38.2. The Morgan fingerprint density at radius 1 is 1.50 bits per heavy atom. The van der Waals surface area contributed by atoms with Gasteiger partial charge in [0.15, 0.2) is 5.60 Å². The Morgan fingerprint density at radius 3 is 2.42 bits per heavy atom. The van der Waals surface area contributed by atoms with Crippen molar-refractivity contribution in [2.24, 2.45) is 0 Å². The first-order valence-electron chi connectivity index (χ1n) is 3.78. The number of rotatable bonds is 0. The van der Waals surface area contributed by atoms with Crippen LogP contribution in [0.4, 0.5) is 13.2 Å². The molecule has 2 unspecified atom stereocenters. The first kappa shape index (κ1) is 10.2. The Hall–Kier alpha value is 0.100. The zero-order valence-electron chi connectivity index (χ0n) is 6.69. The molecule has 0 aliphatic carbocycles. The quantitative estimate of drug-likeness (QED) is 0.646. The molecule has 0 aromatic rings. The van der Waals surface area contributed by atoms with Crippen LogP contribution in [0.3, 0.4) is 0 Å². The van der Waals surface area contributed by atoms with Crippen LogP contribution in [0.2, 0.25) is 0 Å². The van der Waals surface area contributed by atoms with Gasteiger partial charge in [-0.15, -0.1) is 0 Å². The van der Waals surface area contributed by atoms with Crippen molar-refractivity contribution in [3.05, 3.63) is 0 Å². The molecule has 0 aromatic carbocycles. The summed E-state index contributed by atoms with van der Waals surface area (Å²) in [6, 6.07) is 0. The van der Waals surface area contributed by atoms with E-state index in [1.54, 1.807) is 0 Å². The van der Waals surface area contributed by atoms with Gasteiger partial charge in [0, 0.05) is 5.25 Å². The summed E-state index contributed by atoms with van der Waals surface area (Å²) in [5.41, 5.74) is -2.46. The van der Waals surface area contributed by atoms with Crippen LogP contribution in [0.25, 0.3) is 0 Å². The third kappa shape index (κ3) is 1.57. The van der Waals surface area contributed by atoms with Crippen molar-refractivity contribution in [2.45, 2.75) is 36.8 Å². The highest BCUT2D eigenvalue weighted by Crippen LogP contribution is 2.44. The number of hydrogen-bond acceptors (Lipinski definition) is 2. The van der Waals surface area contributed by atoms with Crippen LogP contribution in [0.5, 0.6) is 0 Å².